The highest BCUT2D eigenvalue weighted by Gasteiger charge is 2.04. The number of pyridine rings is 1. The van der Waals surface area contributed by atoms with Gasteiger partial charge in [-0.25, -0.2) is 9.37 Å². The second-order valence-electron chi connectivity index (χ2n) is 5.06. The Balaban J connectivity index is 1.89. The maximum Gasteiger partial charge on any atom is 0.123 e. The van der Waals surface area contributed by atoms with Crippen LogP contribution in [0.15, 0.2) is 48.8 Å². The summed E-state index contributed by atoms with van der Waals surface area (Å²) in [6, 6.07) is 11.0. The largest absolute Gasteiger partial charge is 0.304 e. The Kier molecular flexibility index (Phi) is 3.50. The number of nitrogens with zero attached hydrogens (tertiary/aromatic N) is 2. The van der Waals surface area contributed by atoms with Crippen LogP contribution in [0, 0.1) is 5.82 Å². The van der Waals surface area contributed by atoms with E-state index in [4.69, 9.17) is 0 Å². The van der Waals surface area contributed by atoms with Gasteiger partial charge >= 0.3 is 0 Å². The van der Waals surface area contributed by atoms with Crippen molar-refractivity contribution < 1.29 is 4.39 Å². The van der Waals surface area contributed by atoms with Crippen molar-refractivity contribution in [3.05, 3.63) is 71.6 Å². The predicted molar refractivity (Wildman–Crippen MR) is 78.4 cm³/mol. The highest BCUT2D eigenvalue weighted by Crippen LogP contribution is 2.15. The van der Waals surface area contributed by atoms with Crippen LogP contribution in [0.25, 0.3) is 5.52 Å². The minimum absolute atomic E-state index is 0.182. The molecule has 1 aromatic carbocycles. The minimum atomic E-state index is -0.182. The summed E-state index contributed by atoms with van der Waals surface area (Å²) in [5.41, 5.74) is 3.26. The molecule has 0 aliphatic rings. The monoisotopic (exact) mass is 268 g/mol. The Bertz CT molecular complexity index is 731. The summed E-state index contributed by atoms with van der Waals surface area (Å²) in [6.45, 7) is 2.15. The fourth-order valence-corrected chi connectivity index (χ4v) is 2.50. The van der Waals surface area contributed by atoms with Gasteiger partial charge in [-0.05, 0) is 48.2 Å². The smallest absolute Gasteiger partial charge is 0.123 e. The van der Waals surface area contributed by atoms with E-state index in [1.165, 1.54) is 11.6 Å². The van der Waals surface area contributed by atoms with Crippen LogP contribution in [-0.2, 0) is 12.8 Å². The fourth-order valence-electron chi connectivity index (χ4n) is 2.50. The number of benzene rings is 1. The zero-order valence-electron chi connectivity index (χ0n) is 11.5. The number of rotatable bonds is 4. The molecule has 2 nitrogen and oxygen atoms in total. The Hall–Kier alpha value is -2.16. The molecule has 20 heavy (non-hydrogen) atoms. The summed E-state index contributed by atoms with van der Waals surface area (Å²) in [6.07, 6.45) is 6.77. The van der Waals surface area contributed by atoms with Crippen LogP contribution in [0.1, 0.15) is 30.3 Å². The van der Waals surface area contributed by atoms with Crippen LogP contribution in [-0.4, -0.2) is 9.38 Å². The van der Waals surface area contributed by atoms with Gasteiger partial charge in [0.25, 0.3) is 0 Å². The molecule has 0 radical (unpaired) electrons. The van der Waals surface area contributed by atoms with Crippen LogP contribution in [0.4, 0.5) is 4.39 Å². The van der Waals surface area contributed by atoms with Crippen LogP contribution in [0.5, 0.6) is 0 Å². The van der Waals surface area contributed by atoms with Crippen molar-refractivity contribution in [3.63, 3.8) is 0 Å². The second-order valence-corrected chi connectivity index (χ2v) is 5.06. The molecule has 0 aliphatic heterocycles. The summed E-state index contributed by atoms with van der Waals surface area (Å²) < 4.78 is 15.3. The molecule has 0 amide bonds. The third-order valence-electron chi connectivity index (χ3n) is 3.44. The average Bonchev–Trinajstić information content (AvgIpc) is 2.82. The summed E-state index contributed by atoms with van der Waals surface area (Å²) >= 11 is 0. The van der Waals surface area contributed by atoms with Crippen LogP contribution in [0.2, 0.25) is 0 Å². The standard InChI is InChI=1S/C17H17FN2/c1-2-4-17-19-12-16-11-14(7-8-20(16)17)9-13-5-3-6-15(18)10-13/h3,5-8,10-12H,2,4,9H2,1H3. The molecule has 0 unspecified atom stereocenters. The SMILES string of the molecule is CCCc1ncc2cc(Cc3cccc(F)c3)ccn12. The van der Waals surface area contributed by atoms with Gasteiger partial charge in [0, 0.05) is 12.6 Å². The first-order chi connectivity index (χ1) is 9.76. The van der Waals surface area contributed by atoms with E-state index in [1.54, 1.807) is 12.1 Å². The van der Waals surface area contributed by atoms with E-state index in [0.717, 1.165) is 36.2 Å². The molecule has 0 spiro atoms. The molecule has 0 saturated carbocycles. The predicted octanol–water partition coefficient (Wildman–Crippen LogP) is 4.02. The number of imidazole rings is 1. The third kappa shape index (κ3) is 2.57. The van der Waals surface area contributed by atoms with E-state index >= 15 is 0 Å². The topological polar surface area (TPSA) is 17.3 Å². The summed E-state index contributed by atoms with van der Waals surface area (Å²) in [4.78, 5) is 4.45. The number of fused-ring (bicyclic) bond motifs is 1. The van der Waals surface area contributed by atoms with Crippen molar-refractivity contribution in [1.29, 1.82) is 0 Å². The van der Waals surface area contributed by atoms with Crippen molar-refractivity contribution in [1.82, 2.24) is 9.38 Å². The van der Waals surface area contributed by atoms with E-state index in [2.05, 4.69) is 34.6 Å². The van der Waals surface area contributed by atoms with Crippen molar-refractivity contribution in [2.75, 3.05) is 0 Å². The van der Waals surface area contributed by atoms with Crippen LogP contribution < -0.4 is 0 Å². The van der Waals surface area contributed by atoms with Gasteiger partial charge in [-0.2, -0.15) is 0 Å². The maximum atomic E-state index is 13.2. The Morgan fingerprint density at radius 2 is 2.00 bits per heavy atom. The van der Waals surface area contributed by atoms with E-state index < -0.39 is 0 Å². The van der Waals surface area contributed by atoms with Gasteiger partial charge in [0.2, 0.25) is 0 Å². The van der Waals surface area contributed by atoms with Crippen LogP contribution in [0.3, 0.4) is 0 Å². The molecule has 0 fully saturated rings. The lowest BCUT2D eigenvalue weighted by Crippen LogP contribution is -1.95. The molecule has 2 aromatic heterocycles. The normalized spacial score (nSPS) is 11.1. The molecule has 3 aromatic rings. The number of halogens is 1. The molecule has 0 atom stereocenters. The summed E-state index contributed by atoms with van der Waals surface area (Å²) in [5.74, 6) is 0.915. The fraction of sp³-hybridized carbons (Fsp3) is 0.235. The Morgan fingerprint density at radius 1 is 1.15 bits per heavy atom. The second kappa shape index (κ2) is 5.45. The zero-order valence-corrected chi connectivity index (χ0v) is 11.5. The van der Waals surface area contributed by atoms with E-state index in [-0.39, 0.29) is 5.82 Å². The van der Waals surface area contributed by atoms with Crippen molar-refractivity contribution in [2.45, 2.75) is 26.2 Å². The number of aryl methyl sites for hydroxylation is 1. The zero-order chi connectivity index (χ0) is 13.9. The third-order valence-corrected chi connectivity index (χ3v) is 3.44. The summed E-state index contributed by atoms with van der Waals surface area (Å²) in [5, 5.41) is 0. The van der Waals surface area contributed by atoms with E-state index in [1.807, 2.05) is 12.3 Å². The van der Waals surface area contributed by atoms with Gasteiger partial charge < -0.3 is 4.40 Å². The van der Waals surface area contributed by atoms with Gasteiger partial charge in [0.15, 0.2) is 0 Å². The molecule has 3 rings (SSSR count). The highest BCUT2D eigenvalue weighted by atomic mass is 19.1. The molecule has 2 heterocycles. The molecule has 0 aliphatic carbocycles. The lowest BCUT2D eigenvalue weighted by molar-refractivity contribution is 0.626. The highest BCUT2D eigenvalue weighted by molar-refractivity contribution is 5.49. The molecule has 0 bridgehead atoms. The first-order valence-electron chi connectivity index (χ1n) is 6.95. The quantitative estimate of drug-likeness (QED) is 0.698. The molecule has 102 valence electrons. The van der Waals surface area contributed by atoms with E-state index in [9.17, 15) is 4.39 Å². The average molecular weight is 268 g/mol. The first-order valence-corrected chi connectivity index (χ1v) is 6.95. The van der Waals surface area contributed by atoms with Crippen molar-refractivity contribution in [2.24, 2.45) is 0 Å². The number of hydrogen-bond acceptors (Lipinski definition) is 1. The number of hydrogen-bond donors (Lipinski definition) is 0. The molecule has 0 N–H and O–H groups in total. The van der Waals surface area contributed by atoms with Crippen molar-refractivity contribution in [3.8, 4) is 0 Å². The molecular weight excluding hydrogens is 251 g/mol. The summed E-state index contributed by atoms with van der Waals surface area (Å²) in [7, 11) is 0. The first kappa shape index (κ1) is 12.9. The van der Waals surface area contributed by atoms with Crippen molar-refractivity contribution >= 4 is 5.52 Å². The molecule has 3 heteroatoms. The van der Waals surface area contributed by atoms with Gasteiger partial charge in [-0.3, -0.25) is 0 Å². The Labute approximate surface area is 117 Å². The van der Waals surface area contributed by atoms with E-state index in [0.29, 0.717) is 0 Å². The van der Waals surface area contributed by atoms with Crippen LogP contribution >= 0.6 is 0 Å². The Morgan fingerprint density at radius 3 is 2.80 bits per heavy atom. The number of aromatic nitrogens is 2. The molecular formula is C17H17FN2. The van der Waals surface area contributed by atoms with Gasteiger partial charge in [0.1, 0.15) is 11.6 Å². The maximum absolute atomic E-state index is 13.2. The molecule has 0 saturated heterocycles. The van der Waals surface area contributed by atoms with Gasteiger partial charge in [-0.1, -0.05) is 19.1 Å². The minimum Gasteiger partial charge on any atom is -0.304 e. The van der Waals surface area contributed by atoms with Gasteiger partial charge in [-0.15, -0.1) is 0 Å². The van der Waals surface area contributed by atoms with Gasteiger partial charge in [0.05, 0.1) is 11.7 Å². The lowest BCUT2D eigenvalue weighted by Gasteiger charge is -2.05. The lowest BCUT2D eigenvalue weighted by atomic mass is 10.1.